The number of hydrogen-bond acceptors (Lipinski definition) is 10. The zero-order chi connectivity index (χ0) is 45.7. The lowest BCUT2D eigenvalue weighted by Gasteiger charge is -2.41. The van der Waals surface area contributed by atoms with E-state index in [0.717, 1.165) is 55.5 Å². The molecule has 0 unspecified atom stereocenters. The zero-order valence-electron chi connectivity index (χ0n) is 38.5. The van der Waals surface area contributed by atoms with Gasteiger partial charge in [0, 0.05) is 43.5 Å². The first-order valence-corrected chi connectivity index (χ1v) is 23.1. The molecule has 0 saturated carbocycles. The molecular formula is C46H74N6O8S. The predicted octanol–water partition coefficient (Wildman–Crippen LogP) is 7.71. The van der Waals surface area contributed by atoms with Crippen LogP contribution in [0.25, 0.3) is 0 Å². The molecule has 61 heavy (non-hydrogen) atoms. The smallest absolute Gasteiger partial charge is 0.407 e. The van der Waals surface area contributed by atoms with Crippen LogP contribution in [0.5, 0.6) is 5.75 Å². The molecule has 1 saturated heterocycles. The van der Waals surface area contributed by atoms with Gasteiger partial charge in [0.25, 0.3) is 5.91 Å². The molecule has 1 fully saturated rings. The summed E-state index contributed by atoms with van der Waals surface area (Å²) < 4.78 is 5.97. The number of aromatic hydroxyl groups is 1. The molecule has 4 amide bonds. The van der Waals surface area contributed by atoms with Crippen molar-refractivity contribution in [3.8, 4) is 5.75 Å². The minimum atomic E-state index is -1.15. The number of hydrogen-bond donors (Lipinski definition) is 5. The van der Waals surface area contributed by atoms with Crippen LogP contribution < -0.4 is 16.0 Å². The third-order valence-corrected chi connectivity index (χ3v) is 13.2. The van der Waals surface area contributed by atoms with Crippen LogP contribution in [-0.4, -0.2) is 105 Å². The lowest BCUT2D eigenvalue weighted by Crippen LogP contribution is -2.62. The molecule has 0 bridgehead atoms. The van der Waals surface area contributed by atoms with Gasteiger partial charge >= 0.3 is 12.1 Å². The van der Waals surface area contributed by atoms with Crippen molar-refractivity contribution in [2.75, 3.05) is 20.1 Å². The first-order chi connectivity index (χ1) is 28.7. The zero-order valence-corrected chi connectivity index (χ0v) is 39.3. The standard InChI is InChI=1S/C46H74N6O8S/c1-12-14-15-16-23-51(41(55)38(31(7)13-2)50-42(56)46(10)22-17-24-52(46)30(5)6)36(29(3)4)26-37(60-44(59)47-11)40-49-35(28-61-40)39(54)48-33(27-45(8,9)43(57)58)25-32-18-20-34(53)21-19-32/h18-21,28-31,33,36-38,53H,12-17,22-27H2,1-11H3,(H,47,59)(H,48,54)(H,50,56)(H,57,58)/t31-,33-,36+,37+,38-,46+/m0/s1. The molecule has 1 aromatic carbocycles. The molecule has 2 aromatic rings. The average molecular weight is 871 g/mol. The van der Waals surface area contributed by atoms with Crippen LogP contribution in [0.2, 0.25) is 0 Å². The van der Waals surface area contributed by atoms with Gasteiger partial charge in [0.15, 0.2) is 6.10 Å². The summed E-state index contributed by atoms with van der Waals surface area (Å²) in [7, 11) is 1.46. The maximum atomic E-state index is 15.1. The topological polar surface area (TPSA) is 190 Å². The monoisotopic (exact) mass is 871 g/mol. The molecule has 0 aliphatic carbocycles. The Morgan fingerprint density at radius 3 is 2.26 bits per heavy atom. The van der Waals surface area contributed by atoms with Crippen LogP contribution in [-0.2, 0) is 25.5 Å². The number of alkyl carbamates (subject to hydrolysis) is 1. The Bertz CT molecular complexity index is 1750. The van der Waals surface area contributed by atoms with Gasteiger partial charge in [-0.15, -0.1) is 11.3 Å². The van der Waals surface area contributed by atoms with Crippen molar-refractivity contribution in [3.63, 3.8) is 0 Å². The summed E-state index contributed by atoms with van der Waals surface area (Å²) in [5, 5.41) is 30.4. The maximum absolute atomic E-state index is 15.1. The van der Waals surface area contributed by atoms with Crippen LogP contribution in [0.1, 0.15) is 154 Å². The number of rotatable bonds is 24. The normalized spacial score (nSPS) is 18.2. The van der Waals surface area contributed by atoms with Gasteiger partial charge in [-0.25, -0.2) is 9.78 Å². The van der Waals surface area contributed by atoms with Crippen molar-refractivity contribution < 1.29 is 38.9 Å². The second kappa shape index (κ2) is 23.3. The molecule has 1 aliphatic heterocycles. The van der Waals surface area contributed by atoms with Crippen LogP contribution in [0, 0.1) is 17.3 Å². The SMILES string of the molecule is CCCCCCN(C(=O)[C@@H](NC(=O)[C@@]1(C)CCCN1C(C)C)[C@@H](C)CC)[C@H](C[C@@H](OC(=O)NC)c1nc(C(=O)N[C@@H](Cc2ccc(O)cc2)CC(C)(C)C(=O)O)cs1)C(C)C. The van der Waals surface area contributed by atoms with Gasteiger partial charge in [-0.05, 0) is 103 Å². The van der Waals surface area contributed by atoms with E-state index in [1.54, 1.807) is 31.4 Å². The molecular weight excluding hydrogens is 797 g/mol. The number of nitrogens with zero attached hydrogens (tertiary/aromatic N) is 3. The number of carbonyl (C=O) groups is 5. The van der Waals surface area contributed by atoms with E-state index in [2.05, 4.69) is 46.6 Å². The first kappa shape index (κ1) is 51.1. The van der Waals surface area contributed by atoms with Gasteiger partial charge in [-0.1, -0.05) is 72.4 Å². The third kappa shape index (κ3) is 14.1. The molecule has 1 aromatic heterocycles. The number of aliphatic carboxylic acids is 1. The second-order valence-electron chi connectivity index (χ2n) is 18.3. The van der Waals surface area contributed by atoms with Crippen LogP contribution in [0.15, 0.2) is 29.6 Å². The van der Waals surface area contributed by atoms with Crippen LogP contribution in [0.3, 0.4) is 0 Å². The molecule has 6 atom stereocenters. The van der Waals surface area contributed by atoms with Crippen molar-refractivity contribution in [2.45, 2.75) is 169 Å². The van der Waals surface area contributed by atoms with E-state index in [9.17, 15) is 29.4 Å². The highest BCUT2D eigenvalue weighted by Crippen LogP contribution is 2.34. The van der Waals surface area contributed by atoms with Crippen LogP contribution in [0.4, 0.5) is 4.79 Å². The Kier molecular flexibility index (Phi) is 19.5. The number of carbonyl (C=O) groups excluding carboxylic acids is 4. The molecule has 1 aliphatic rings. The molecule has 2 heterocycles. The Labute approximate surface area is 368 Å². The van der Waals surface area contributed by atoms with Crippen molar-refractivity contribution in [3.05, 3.63) is 45.9 Å². The summed E-state index contributed by atoms with van der Waals surface area (Å²) in [6.07, 6.45) is 5.01. The number of nitrogens with one attached hydrogen (secondary N) is 3. The van der Waals surface area contributed by atoms with Crippen molar-refractivity contribution >= 4 is 41.1 Å². The van der Waals surface area contributed by atoms with Gasteiger partial charge in [-0.3, -0.25) is 24.1 Å². The number of carboxylic acids is 1. The van der Waals surface area contributed by atoms with E-state index in [-0.39, 0.29) is 54.0 Å². The predicted molar refractivity (Wildman–Crippen MR) is 239 cm³/mol. The van der Waals surface area contributed by atoms with E-state index in [0.29, 0.717) is 30.8 Å². The number of phenols is 1. The number of phenolic OH excluding ortho intramolecular Hbond substituents is 1. The molecule has 3 rings (SSSR count). The highest BCUT2D eigenvalue weighted by atomic mass is 32.1. The molecule has 14 nitrogen and oxygen atoms in total. The number of amides is 4. The Morgan fingerprint density at radius 1 is 1.02 bits per heavy atom. The van der Waals surface area contributed by atoms with Crippen molar-refractivity contribution in [1.82, 2.24) is 30.7 Å². The van der Waals surface area contributed by atoms with Gasteiger partial charge in [0.05, 0.1) is 11.0 Å². The quantitative estimate of drug-likeness (QED) is 0.0654. The third-order valence-electron chi connectivity index (χ3n) is 12.3. The summed E-state index contributed by atoms with van der Waals surface area (Å²) in [5.74, 6) is -1.98. The minimum Gasteiger partial charge on any atom is -0.508 e. The van der Waals surface area contributed by atoms with Gasteiger partial charge in [0.2, 0.25) is 11.8 Å². The lowest BCUT2D eigenvalue weighted by atomic mass is 9.84. The lowest BCUT2D eigenvalue weighted by molar-refractivity contribution is -0.147. The Morgan fingerprint density at radius 2 is 1.69 bits per heavy atom. The summed E-state index contributed by atoms with van der Waals surface area (Å²) in [4.78, 5) is 76.9. The number of carboxylic acid groups (broad SMARTS) is 1. The second-order valence-corrected chi connectivity index (χ2v) is 19.2. The van der Waals surface area contributed by atoms with E-state index >= 15 is 4.79 Å². The Balaban J connectivity index is 1.99. The van der Waals surface area contributed by atoms with Crippen molar-refractivity contribution in [1.29, 1.82) is 0 Å². The number of benzene rings is 1. The number of ether oxygens (including phenoxy) is 1. The molecule has 0 radical (unpaired) electrons. The number of aromatic nitrogens is 1. The van der Waals surface area contributed by atoms with Gasteiger partial charge < -0.3 is 35.8 Å². The van der Waals surface area contributed by atoms with E-state index in [4.69, 9.17) is 4.74 Å². The summed E-state index contributed by atoms with van der Waals surface area (Å²) in [5.41, 5.74) is -1.00. The Hall–Kier alpha value is -4.24. The van der Waals surface area contributed by atoms with E-state index in [1.807, 2.05) is 39.5 Å². The maximum Gasteiger partial charge on any atom is 0.407 e. The number of thiazole rings is 1. The molecule has 342 valence electrons. The molecule has 5 N–H and O–H groups in total. The van der Waals surface area contributed by atoms with E-state index < -0.39 is 53.2 Å². The number of likely N-dealkylation sites (tertiary alicyclic amines) is 1. The summed E-state index contributed by atoms with van der Waals surface area (Å²) in [6, 6.07) is 4.90. The first-order valence-electron chi connectivity index (χ1n) is 22.2. The fraction of sp³-hybridized carbons (Fsp3) is 0.696. The van der Waals surface area contributed by atoms with Crippen molar-refractivity contribution in [2.24, 2.45) is 17.3 Å². The fourth-order valence-electron chi connectivity index (χ4n) is 8.32. The highest BCUT2D eigenvalue weighted by Gasteiger charge is 2.46. The summed E-state index contributed by atoms with van der Waals surface area (Å²) in [6.45, 7) is 20.8. The summed E-state index contributed by atoms with van der Waals surface area (Å²) >= 11 is 1.16. The number of unbranched alkanes of at least 4 members (excludes halogenated alkanes) is 3. The van der Waals surface area contributed by atoms with Gasteiger partial charge in [-0.2, -0.15) is 0 Å². The average Bonchev–Trinajstić information content (AvgIpc) is 3.87. The van der Waals surface area contributed by atoms with Crippen LogP contribution >= 0.6 is 11.3 Å². The minimum absolute atomic E-state index is 0.0818. The molecule has 0 spiro atoms. The van der Waals surface area contributed by atoms with Gasteiger partial charge in [0.1, 0.15) is 22.5 Å². The fourth-order valence-corrected chi connectivity index (χ4v) is 9.16. The van der Waals surface area contributed by atoms with E-state index in [1.165, 1.54) is 19.2 Å². The largest absolute Gasteiger partial charge is 0.508 e. The molecule has 15 heteroatoms. The highest BCUT2D eigenvalue weighted by molar-refractivity contribution is 7.09.